The predicted octanol–water partition coefficient (Wildman–Crippen LogP) is 3.56. The van der Waals surface area contributed by atoms with E-state index in [0.29, 0.717) is 16.9 Å². The van der Waals surface area contributed by atoms with Gasteiger partial charge in [-0.1, -0.05) is 0 Å². The normalized spacial score (nSPS) is 15.5. The molecule has 1 aliphatic rings. The van der Waals surface area contributed by atoms with Crippen molar-refractivity contribution in [1.29, 1.82) is 0 Å². The summed E-state index contributed by atoms with van der Waals surface area (Å²) in [6, 6.07) is 9.43. The molecule has 7 heteroatoms. The van der Waals surface area contributed by atoms with E-state index in [1.165, 1.54) is 6.07 Å². The van der Waals surface area contributed by atoms with Gasteiger partial charge in [-0.05, 0) is 81.2 Å². The summed E-state index contributed by atoms with van der Waals surface area (Å²) in [6.07, 6.45) is 1.91. The minimum atomic E-state index is -0.361. The first-order chi connectivity index (χ1) is 13.6. The van der Waals surface area contributed by atoms with Crippen molar-refractivity contribution in [2.75, 3.05) is 13.1 Å². The molecule has 4 heterocycles. The van der Waals surface area contributed by atoms with E-state index < -0.39 is 0 Å². The second kappa shape index (κ2) is 6.60. The van der Waals surface area contributed by atoms with Gasteiger partial charge in [0.1, 0.15) is 11.0 Å². The molecule has 0 amide bonds. The van der Waals surface area contributed by atoms with Crippen LogP contribution >= 0.6 is 0 Å². The highest BCUT2D eigenvalue weighted by Gasteiger charge is 2.20. The van der Waals surface area contributed by atoms with E-state index in [2.05, 4.69) is 25.6 Å². The number of halogens is 1. The number of hydrogen-bond acceptors (Lipinski definition) is 5. The van der Waals surface area contributed by atoms with Gasteiger partial charge in [0.05, 0.1) is 11.2 Å². The van der Waals surface area contributed by atoms with Crippen LogP contribution in [0.25, 0.3) is 27.7 Å². The summed E-state index contributed by atoms with van der Waals surface area (Å²) < 4.78 is 16.8. The first-order valence-electron chi connectivity index (χ1n) is 9.60. The van der Waals surface area contributed by atoms with E-state index in [4.69, 9.17) is 0 Å². The highest BCUT2D eigenvalue weighted by Crippen LogP contribution is 2.29. The van der Waals surface area contributed by atoms with Crippen LogP contribution in [0.4, 0.5) is 4.39 Å². The van der Waals surface area contributed by atoms with E-state index in [0.717, 1.165) is 54.0 Å². The summed E-state index contributed by atoms with van der Waals surface area (Å²) in [5.74, 6) is 0.528. The molecule has 4 aromatic rings. The molecule has 0 radical (unpaired) electrons. The van der Waals surface area contributed by atoms with Crippen LogP contribution in [-0.4, -0.2) is 37.9 Å². The molecule has 0 saturated carbocycles. The van der Waals surface area contributed by atoms with Crippen LogP contribution in [0.15, 0.2) is 30.3 Å². The van der Waals surface area contributed by atoms with Crippen molar-refractivity contribution >= 4 is 16.6 Å². The van der Waals surface area contributed by atoms with E-state index in [-0.39, 0.29) is 11.7 Å². The maximum atomic E-state index is 14.9. The molecule has 1 aliphatic heterocycles. The van der Waals surface area contributed by atoms with E-state index >= 15 is 0 Å². The quantitative estimate of drug-likeness (QED) is 0.579. The largest absolute Gasteiger partial charge is 0.317 e. The number of hydrogen-bond donors (Lipinski definition) is 1. The van der Waals surface area contributed by atoms with Gasteiger partial charge in [-0.25, -0.2) is 13.9 Å². The lowest BCUT2D eigenvalue weighted by atomic mass is 9.97. The number of nitrogens with one attached hydrogen (secondary N) is 1. The van der Waals surface area contributed by atoms with Crippen molar-refractivity contribution in [3.8, 4) is 11.1 Å². The number of nitrogens with zero attached hydrogens (tertiary/aromatic N) is 5. The molecule has 0 atom stereocenters. The maximum Gasteiger partial charge on any atom is 0.154 e. The summed E-state index contributed by atoms with van der Waals surface area (Å²) in [7, 11) is 0. The SMILES string of the molecule is Cc1cc2cc(-c3cc(F)c4nc(C5CCNCC5)nnc4c3)cc(C)n2n1. The van der Waals surface area contributed by atoms with Crippen molar-refractivity contribution < 1.29 is 4.39 Å². The second-order valence-electron chi connectivity index (χ2n) is 7.53. The Morgan fingerprint density at radius 2 is 1.79 bits per heavy atom. The van der Waals surface area contributed by atoms with Crippen LogP contribution in [0, 0.1) is 19.7 Å². The van der Waals surface area contributed by atoms with E-state index in [1.54, 1.807) is 0 Å². The van der Waals surface area contributed by atoms with Gasteiger partial charge in [-0.15, -0.1) is 10.2 Å². The third-order valence-corrected chi connectivity index (χ3v) is 5.43. The van der Waals surface area contributed by atoms with Crippen molar-refractivity contribution in [3.05, 3.63) is 53.4 Å². The Morgan fingerprint density at radius 1 is 1.00 bits per heavy atom. The Balaban J connectivity index is 1.59. The van der Waals surface area contributed by atoms with Gasteiger partial charge in [0.15, 0.2) is 11.6 Å². The fraction of sp³-hybridized carbons (Fsp3) is 0.333. The first-order valence-corrected chi connectivity index (χ1v) is 9.60. The van der Waals surface area contributed by atoms with Crippen LogP contribution in [0.5, 0.6) is 0 Å². The molecule has 1 N–H and O–H groups in total. The third-order valence-electron chi connectivity index (χ3n) is 5.43. The molecular weight excluding hydrogens is 355 g/mol. The number of rotatable bonds is 2. The van der Waals surface area contributed by atoms with Crippen LogP contribution in [-0.2, 0) is 0 Å². The molecule has 142 valence electrons. The van der Waals surface area contributed by atoms with Crippen LogP contribution in [0.1, 0.15) is 36.0 Å². The third kappa shape index (κ3) is 2.92. The van der Waals surface area contributed by atoms with Gasteiger partial charge in [-0.3, -0.25) is 0 Å². The Kier molecular flexibility index (Phi) is 4.05. The second-order valence-corrected chi connectivity index (χ2v) is 7.53. The average Bonchev–Trinajstić information content (AvgIpc) is 3.09. The molecule has 3 aromatic heterocycles. The molecule has 28 heavy (non-hydrogen) atoms. The fourth-order valence-electron chi connectivity index (χ4n) is 3.99. The van der Waals surface area contributed by atoms with Gasteiger partial charge < -0.3 is 5.32 Å². The zero-order valence-corrected chi connectivity index (χ0v) is 15.9. The molecule has 0 aliphatic carbocycles. The molecule has 1 saturated heterocycles. The lowest BCUT2D eigenvalue weighted by molar-refractivity contribution is 0.442. The Bertz CT molecular complexity index is 1190. The number of piperidine rings is 1. The number of aryl methyl sites for hydroxylation is 2. The zero-order chi connectivity index (χ0) is 19.3. The van der Waals surface area contributed by atoms with Gasteiger partial charge >= 0.3 is 0 Å². The van der Waals surface area contributed by atoms with E-state index in [9.17, 15) is 4.39 Å². The molecule has 0 bridgehead atoms. The maximum absolute atomic E-state index is 14.9. The van der Waals surface area contributed by atoms with Crippen molar-refractivity contribution in [3.63, 3.8) is 0 Å². The molecule has 0 spiro atoms. The summed E-state index contributed by atoms with van der Waals surface area (Å²) in [6.45, 7) is 5.82. The monoisotopic (exact) mass is 376 g/mol. The van der Waals surface area contributed by atoms with Crippen molar-refractivity contribution in [2.24, 2.45) is 0 Å². The molecule has 0 unspecified atom stereocenters. The average molecular weight is 376 g/mol. The number of aromatic nitrogens is 5. The van der Waals surface area contributed by atoms with Crippen molar-refractivity contribution in [2.45, 2.75) is 32.6 Å². The lowest BCUT2D eigenvalue weighted by Gasteiger charge is -2.20. The number of fused-ring (bicyclic) bond motifs is 2. The standard InChI is InChI=1S/C21H21FN6/c1-12-7-17-9-15(8-13(2)28(17)27-12)16-10-18(22)20-19(11-16)25-26-21(24-20)14-3-5-23-6-4-14/h7-11,14,23H,3-6H2,1-2H3. The molecule has 1 aromatic carbocycles. The number of pyridine rings is 1. The van der Waals surface area contributed by atoms with Gasteiger partial charge in [0.2, 0.25) is 0 Å². The Hall–Kier alpha value is -2.93. The molecule has 6 nitrogen and oxygen atoms in total. The first kappa shape index (κ1) is 17.2. The Morgan fingerprint density at radius 3 is 2.61 bits per heavy atom. The lowest BCUT2D eigenvalue weighted by Crippen LogP contribution is -2.27. The highest BCUT2D eigenvalue weighted by molar-refractivity contribution is 5.82. The fourth-order valence-corrected chi connectivity index (χ4v) is 3.99. The summed E-state index contributed by atoms with van der Waals surface area (Å²) in [5.41, 5.74) is 5.39. The predicted molar refractivity (Wildman–Crippen MR) is 106 cm³/mol. The topological polar surface area (TPSA) is 68.0 Å². The molecule has 1 fully saturated rings. The van der Waals surface area contributed by atoms with Crippen LogP contribution in [0.2, 0.25) is 0 Å². The molecule has 5 rings (SSSR count). The summed E-state index contributed by atoms with van der Waals surface area (Å²) in [4.78, 5) is 4.51. The molecular formula is C21H21FN6. The van der Waals surface area contributed by atoms with E-state index in [1.807, 2.05) is 42.6 Å². The number of benzene rings is 1. The van der Waals surface area contributed by atoms with Gasteiger partial charge in [0.25, 0.3) is 0 Å². The zero-order valence-electron chi connectivity index (χ0n) is 15.9. The van der Waals surface area contributed by atoms with Crippen LogP contribution in [0.3, 0.4) is 0 Å². The minimum absolute atomic E-state index is 0.243. The summed E-state index contributed by atoms with van der Waals surface area (Å²) in [5, 5.41) is 16.4. The van der Waals surface area contributed by atoms with Gasteiger partial charge in [-0.2, -0.15) is 5.10 Å². The Labute approximate surface area is 161 Å². The smallest absolute Gasteiger partial charge is 0.154 e. The van der Waals surface area contributed by atoms with Crippen LogP contribution < -0.4 is 5.32 Å². The highest BCUT2D eigenvalue weighted by atomic mass is 19.1. The minimum Gasteiger partial charge on any atom is -0.317 e. The summed E-state index contributed by atoms with van der Waals surface area (Å²) >= 11 is 0. The van der Waals surface area contributed by atoms with Crippen molar-refractivity contribution in [1.82, 2.24) is 30.1 Å². The van der Waals surface area contributed by atoms with Gasteiger partial charge in [0, 0.05) is 11.6 Å².